The lowest BCUT2D eigenvalue weighted by Crippen LogP contribution is -2.13. The van der Waals surface area contributed by atoms with Crippen molar-refractivity contribution in [2.45, 2.75) is 6.42 Å². The fraction of sp³-hybridized carbons (Fsp3) is 0.667. The minimum Gasteiger partial charge on any atom is -0.469 e. The first-order valence-corrected chi connectivity index (χ1v) is 3.52. The van der Waals surface area contributed by atoms with Crippen molar-refractivity contribution in [1.82, 2.24) is 0 Å². The lowest BCUT2D eigenvalue weighted by atomic mass is 10.4. The molecule has 0 aromatic carbocycles. The molecule has 0 amide bonds. The Morgan fingerprint density at radius 3 is 2.45 bits per heavy atom. The van der Waals surface area contributed by atoms with Gasteiger partial charge in [0.15, 0.2) is 0 Å². The van der Waals surface area contributed by atoms with Crippen molar-refractivity contribution < 1.29 is 19.1 Å². The lowest BCUT2D eigenvalue weighted by Gasteiger charge is -1.99. The lowest BCUT2D eigenvalue weighted by molar-refractivity contribution is -0.152. The molecule has 0 aliphatic carbocycles. The topological polar surface area (TPSA) is 52.6 Å². The summed E-state index contributed by atoms with van der Waals surface area (Å²) in [5, 5.41) is 0. The van der Waals surface area contributed by atoms with Gasteiger partial charge in [-0.1, -0.05) is 0 Å². The number of carbonyl (C=O) groups excluding carboxylic acids is 2. The van der Waals surface area contributed by atoms with E-state index in [1.54, 1.807) is 0 Å². The summed E-state index contributed by atoms with van der Waals surface area (Å²) in [5.41, 5.74) is 0. The van der Waals surface area contributed by atoms with Gasteiger partial charge in [0.25, 0.3) is 0 Å². The minimum atomic E-state index is -0.613. The largest absolute Gasteiger partial charge is 0.469 e. The monoisotopic (exact) mass is 180 g/mol. The van der Waals surface area contributed by atoms with Gasteiger partial charge in [-0.05, 0) is 0 Å². The van der Waals surface area contributed by atoms with Crippen LogP contribution in [0.2, 0.25) is 0 Å². The minimum absolute atomic E-state index is 0.122. The summed E-state index contributed by atoms with van der Waals surface area (Å²) in [5.74, 6) is -0.991. The van der Waals surface area contributed by atoms with Crippen LogP contribution < -0.4 is 0 Å². The number of hydrogen-bond acceptors (Lipinski definition) is 4. The molecule has 0 rings (SSSR count). The van der Waals surface area contributed by atoms with Crippen LogP contribution in [0.5, 0.6) is 0 Å². The quantitative estimate of drug-likeness (QED) is 0.356. The van der Waals surface area contributed by atoms with Gasteiger partial charge in [-0.2, -0.15) is 0 Å². The Hall–Kier alpha value is -0.770. The first-order chi connectivity index (χ1) is 5.20. The predicted molar refractivity (Wildman–Crippen MR) is 38.3 cm³/mol. The zero-order chi connectivity index (χ0) is 8.69. The number of carbonyl (C=O) groups is 2. The summed E-state index contributed by atoms with van der Waals surface area (Å²) in [6, 6.07) is 0. The van der Waals surface area contributed by atoms with Crippen LogP contribution in [0.1, 0.15) is 6.42 Å². The van der Waals surface area contributed by atoms with Crippen LogP contribution in [0.3, 0.4) is 0 Å². The summed E-state index contributed by atoms with van der Waals surface area (Å²) in [4.78, 5) is 21.0. The van der Waals surface area contributed by atoms with Crippen LogP contribution in [-0.4, -0.2) is 31.5 Å². The van der Waals surface area contributed by atoms with Crippen LogP contribution in [-0.2, 0) is 19.1 Å². The highest BCUT2D eigenvalue weighted by Gasteiger charge is 2.09. The second-order valence-corrected chi connectivity index (χ2v) is 2.04. The zero-order valence-electron chi connectivity index (χ0n) is 6.13. The van der Waals surface area contributed by atoms with Gasteiger partial charge in [-0.15, -0.1) is 11.6 Å². The van der Waals surface area contributed by atoms with Gasteiger partial charge in [-0.25, -0.2) is 0 Å². The normalized spacial score (nSPS) is 8.91. The molecule has 0 heterocycles. The van der Waals surface area contributed by atoms with E-state index in [4.69, 9.17) is 11.6 Å². The molecule has 0 bridgehead atoms. The summed E-state index contributed by atoms with van der Waals surface area (Å²) in [6.07, 6.45) is -0.354. The molecule has 0 spiro atoms. The number of methoxy groups -OCH3 is 1. The van der Waals surface area contributed by atoms with E-state index in [9.17, 15) is 9.59 Å². The summed E-state index contributed by atoms with van der Waals surface area (Å²) in [6.45, 7) is 0.122. The number of esters is 2. The predicted octanol–water partition coefficient (Wildman–Crippen LogP) is 0.331. The Labute approximate surface area is 69.4 Å². The number of halogens is 1. The molecule has 11 heavy (non-hydrogen) atoms. The molecule has 0 atom stereocenters. The first-order valence-electron chi connectivity index (χ1n) is 2.99. The smallest absolute Gasteiger partial charge is 0.317 e. The van der Waals surface area contributed by atoms with Crippen molar-refractivity contribution in [2.75, 3.05) is 19.6 Å². The number of alkyl halides is 1. The van der Waals surface area contributed by atoms with E-state index in [0.29, 0.717) is 0 Å². The van der Waals surface area contributed by atoms with E-state index in [1.165, 1.54) is 7.11 Å². The average Bonchev–Trinajstić information content (AvgIpc) is 2.00. The fourth-order valence-electron chi connectivity index (χ4n) is 0.393. The highest BCUT2D eigenvalue weighted by Crippen LogP contribution is 1.89. The van der Waals surface area contributed by atoms with Gasteiger partial charge in [-0.3, -0.25) is 9.59 Å². The van der Waals surface area contributed by atoms with Crippen LogP contribution >= 0.6 is 11.6 Å². The van der Waals surface area contributed by atoms with E-state index in [2.05, 4.69) is 9.47 Å². The summed E-state index contributed by atoms with van der Waals surface area (Å²) >= 11 is 5.22. The molecule has 0 N–H and O–H groups in total. The molecule has 0 saturated carbocycles. The molecular weight excluding hydrogens is 172 g/mol. The highest BCUT2D eigenvalue weighted by atomic mass is 35.5. The molecule has 0 saturated heterocycles. The van der Waals surface area contributed by atoms with Crippen LogP contribution in [0.4, 0.5) is 0 Å². The number of hydrogen-bond donors (Lipinski definition) is 0. The Morgan fingerprint density at radius 1 is 1.36 bits per heavy atom. The van der Waals surface area contributed by atoms with Crippen molar-refractivity contribution in [3.8, 4) is 0 Å². The Kier molecular flexibility index (Phi) is 5.56. The van der Waals surface area contributed by atoms with Gasteiger partial charge in [0.2, 0.25) is 0 Å². The molecule has 0 aliphatic heterocycles. The molecule has 0 fully saturated rings. The van der Waals surface area contributed by atoms with Crippen LogP contribution in [0.15, 0.2) is 0 Å². The highest BCUT2D eigenvalue weighted by molar-refractivity contribution is 6.18. The van der Waals surface area contributed by atoms with Gasteiger partial charge in [0.1, 0.15) is 13.0 Å². The molecule has 0 aliphatic rings. The third kappa shape index (κ3) is 5.66. The van der Waals surface area contributed by atoms with Crippen molar-refractivity contribution in [2.24, 2.45) is 0 Å². The van der Waals surface area contributed by atoms with Crippen molar-refractivity contribution >= 4 is 23.5 Å². The molecule has 0 radical (unpaired) electrons. The SMILES string of the molecule is COC(=O)CC(=O)OCCCl. The molecule has 0 aromatic heterocycles. The van der Waals surface area contributed by atoms with Gasteiger partial charge >= 0.3 is 11.9 Å². The maximum absolute atomic E-state index is 10.6. The van der Waals surface area contributed by atoms with Crippen LogP contribution in [0, 0.1) is 0 Å². The standard InChI is InChI=1S/C6H9ClO4/c1-10-5(8)4-6(9)11-3-2-7/h2-4H2,1H3. The zero-order valence-corrected chi connectivity index (χ0v) is 6.89. The maximum atomic E-state index is 10.6. The summed E-state index contributed by atoms with van der Waals surface area (Å²) < 4.78 is 8.72. The fourth-order valence-corrected chi connectivity index (χ4v) is 0.471. The second kappa shape index (κ2) is 5.97. The van der Waals surface area contributed by atoms with Crippen molar-refractivity contribution in [3.63, 3.8) is 0 Å². The van der Waals surface area contributed by atoms with Crippen molar-refractivity contribution in [3.05, 3.63) is 0 Å². The maximum Gasteiger partial charge on any atom is 0.317 e. The van der Waals surface area contributed by atoms with Crippen LogP contribution in [0.25, 0.3) is 0 Å². The third-order valence-corrected chi connectivity index (χ3v) is 1.01. The number of rotatable bonds is 4. The molecule has 0 unspecified atom stereocenters. The Bertz CT molecular complexity index is 146. The molecular formula is C6H9ClO4. The summed E-state index contributed by atoms with van der Waals surface area (Å²) in [7, 11) is 1.21. The van der Waals surface area contributed by atoms with E-state index >= 15 is 0 Å². The van der Waals surface area contributed by atoms with E-state index in [1.807, 2.05) is 0 Å². The molecule has 4 nitrogen and oxygen atoms in total. The molecule has 64 valence electrons. The van der Waals surface area contributed by atoms with E-state index < -0.39 is 11.9 Å². The van der Waals surface area contributed by atoms with E-state index in [0.717, 1.165) is 0 Å². The van der Waals surface area contributed by atoms with Gasteiger partial charge < -0.3 is 9.47 Å². The average molecular weight is 181 g/mol. The number of ether oxygens (including phenoxy) is 2. The van der Waals surface area contributed by atoms with E-state index in [-0.39, 0.29) is 18.9 Å². The second-order valence-electron chi connectivity index (χ2n) is 1.66. The van der Waals surface area contributed by atoms with Gasteiger partial charge in [0, 0.05) is 0 Å². The third-order valence-electron chi connectivity index (χ3n) is 0.857. The first kappa shape index (κ1) is 10.2. The Morgan fingerprint density at radius 2 is 2.00 bits per heavy atom. The Balaban J connectivity index is 3.44. The van der Waals surface area contributed by atoms with Gasteiger partial charge in [0.05, 0.1) is 13.0 Å². The van der Waals surface area contributed by atoms with Crippen molar-refractivity contribution in [1.29, 1.82) is 0 Å². The molecule has 5 heteroatoms. The molecule has 0 aromatic rings.